The van der Waals surface area contributed by atoms with Gasteiger partial charge in [-0.2, -0.15) is 5.09 Å². The Morgan fingerprint density at radius 1 is 0.333 bits per heavy atom. The van der Waals surface area contributed by atoms with Crippen molar-refractivity contribution in [1.82, 2.24) is 5.09 Å². The van der Waals surface area contributed by atoms with Crippen LogP contribution in [0.4, 0.5) is 0 Å². The topological polar surface area (TPSA) is 12.0 Å². The van der Waals surface area contributed by atoms with Crippen LogP contribution in [0.15, 0.2) is 0 Å². The molecule has 0 bridgehead atoms. The first kappa shape index (κ1) is 33.4. The molecule has 0 spiro atoms. The molecule has 0 aromatic carbocycles. The van der Waals surface area contributed by atoms with Gasteiger partial charge in [-0.15, -0.1) is 0 Å². The highest BCUT2D eigenvalue weighted by atomic mass is 31.2. The summed E-state index contributed by atoms with van der Waals surface area (Å²) in [5, 5.41) is 4.33. The van der Waals surface area contributed by atoms with Gasteiger partial charge in [-0.3, -0.25) is 0 Å². The molecular weight excluding hydrogens is 417 g/mol. The fourth-order valence-electron chi connectivity index (χ4n) is 5.20. The molecule has 0 saturated carbocycles. The van der Waals surface area contributed by atoms with Gasteiger partial charge in [0.05, 0.1) is 25.9 Å². The standard InChI is InChI=1S/C31H67NP/c1-5-9-13-17-21-25-29-33(30-26-22-18-14-10-6-2,31-27-23-19-15-11-7-3)32-28-24-20-16-12-8-4/h32H,5-31H2,1-4H3/q+1. The van der Waals surface area contributed by atoms with Gasteiger partial charge in [0.25, 0.3) is 0 Å². The normalized spacial score (nSPS) is 12.0. The second-order valence-corrected chi connectivity index (χ2v) is 14.9. The van der Waals surface area contributed by atoms with E-state index in [1.807, 2.05) is 0 Å². The molecule has 0 aromatic heterocycles. The fourth-order valence-corrected chi connectivity index (χ4v) is 9.47. The van der Waals surface area contributed by atoms with Gasteiger partial charge in [0, 0.05) is 6.54 Å². The lowest BCUT2D eigenvalue weighted by Crippen LogP contribution is -2.25. The second-order valence-electron chi connectivity index (χ2n) is 10.9. The van der Waals surface area contributed by atoms with Crippen molar-refractivity contribution in [2.24, 2.45) is 0 Å². The monoisotopic (exact) mass is 485 g/mol. The molecule has 0 aliphatic heterocycles. The first-order valence-electron chi connectivity index (χ1n) is 15.9. The average Bonchev–Trinajstić information content (AvgIpc) is 2.83. The van der Waals surface area contributed by atoms with Gasteiger partial charge in [0.1, 0.15) is 0 Å². The number of hydrogen-bond acceptors (Lipinski definition) is 1. The Kier molecular flexibility index (Phi) is 27.3. The number of rotatable bonds is 28. The second kappa shape index (κ2) is 27.0. The number of unbranched alkanes of at least 4 members (excludes halogenated alkanes) is 19. The molecule has 0 fully saturated rings. The zero-order chi connectivity index (χ0) is 24.3. The minimum Gasteiger partial charge on any atom is -0.192 e. The van der Waals surface area contributed by atoms with E-state index in [-0.39, 0.29) is 0 Å². The third-order valence-electron chi connectivity index (χ3n) is 7.55. The van der Waals surface area contributed by atoms with Crippen molar-refractivity contribution in [3.05, 3.63) is 0 Å². The molecular formula is C31H67NP+. The highest BCUT2D eigenvalue weighted by Crippen LogP contribution is 2.57. The maximum atomic E-state index is 4.33. The first-order valence-corrected chi connectivity index (χ1v) is 18.2. The summed E-state index contributed by atoms with van der Waals surface area (Å²) >= 11 is 0. The summed E-state index contributed by atoms with van der Waals surface area (Å²) < 4.78 is 0. The molecule has 0 rings (SSSR count). The number of hydrogen-bond donors (Lipinski definition) is 1. The van der Waals surface area contributed by atoms with Gasteiger partial charge in [0.15, 0.2) is 0 Å². The summed E-state index contributed by atoms with van der Waals surface area (Å²) in [4.78, 5) is 0. The Bertz CT molecular complexity index is 287. The van der Waals surface area contributed by atoms with Crippen molar-refractivity contribution >= 4 is 7.41 Å². The van der Waals surface area contributed by atoms with Crippen LogP contribution >= 0.6 is 7.41 Å². The molecule has 200 valence electrons. The van der Waals surface area contributed by atoms with E-state index in [4.69, 9.17) is 0 Å². The van der Waals surface area contributed by atoms with Gasteiger partial charge < -0.3 is 0 Å². The molecule has 33 heavy (non-hydrogen) atoms. The average molecular weight is 485 g/mol. The Morgan fingerprint density at radius 3 is 0.939 bits per heavy atom. The molecule has 2 heteroatoms. The van der Waals surface area contributed by atoms with Crippen molar-refractivity contribution in [2.45, 2.75) is 175 Å². The van der Waals surface area contributed by atoms with Gasteiger partial charge >= 0.3 is 0 Å². The van der Waals surface area contributed by atoms with E-state index in [2.05, 4.69) is 32.8 Å². The molecule has 0 atom stereocenters. The van der Waals surface area contributed by atoms with Gasteiger partial charge in [-0.05, 0) is 44.9 Å². The van der Waals surface area contributed by atoms with Gasteiger partial charge in [0.2, 0.25) is 0 Å². The third kappa shape index (κ3) is 22.6. The lowest BCUT2D eigenvalue weighted by Gasteiger charge is -2.29. The summed E-state index contributed by atoms with van der Waals surface area (Å²) in [6.07, 6.45) is 37.8. The quantitative estimate of drug-likeness (QED) is 0.0859. The van der Waals surface area contributed by atoms with Crippen molar-refractivity contribution in [2.75, 3.05) is 25.0 Å². The zero-order valence-corrected chi connectivity index (χ0v) is 24.9. The predicted molar refractivity (Wildman–Crippen MR) is 158 cm³/mol. The molecule has 0 aliphatic rings. The van der Waals surface area contributed by atoms with Crippen LogP contribution in [0.3, 0.4) is 0 Å². The summed E-state index contributed by atoms with van der Waals surface area (Å²) in [7, 11) is -0.968. The molecule has 0 aromatic rings. The maximum absolute atomic E-state index is 4.33. The van der Waals surface area contributed by atoms with E-state index in [9.17, 15) is 0 Å². The van der Waals surface area contributed by atoms with Crippen molar-refractivity contribution in [1.29, 1.82) is 0 Å². The van der Waals surface area contributed by atoms with Gasteiger partial charge in [-0.25, -0.2) is 0 Å². The minimum atomic E-state index is -0.968. The zero-order valence-electron chi connectivity index (χ0n) is 24.0. The molecule has 0 aliphatic carbocycles. The summed E-state index contributed by atoms with van der Waals surface area (Å²) in [6.45, 7) is 10.6. The fraction of sp³-hybridized carbons (Fsp3) is 1.00. The van der Waals surface area contributed by atoms with Crippen molar-refractivity contribution in [3.63, 3.8) is 0 Å². The van der Waals surface area contributed by atoms with Crippen LogP contribution in [0.1, 0.15) is 175 Å². The molecule has 0 unspecified atom stereocenters. The highest BCUT2D eigenvalue weighted by molar-refractivity contribution is 7.74. The van der Waals surface area contributed by atoms with Crippen molar-refractivity contribution in [3.8, 4) is 0 Å². The van der Waals surface area contributed by atoms with E-state index < -0.39 is 7.41 Å². The predicted octanol–water partition coefficient (Wildman–Crippen LogP) is 11.6. The molecule has 0 amide bonds. The summed E-state index contributed by atoms with van der Waals surface area (Å²) in [5.74, 6) is 0. The van der Waals surface area contributed by atoms with E-state index in [0.29, 0.717) is 0 Å². The van der Waals surface area contributed by atoms with Crippen LogP contribution in [0.5, 0.6) is 0 Å². The molecule has 0 saturated heterocycles. The lowest BCUT2D eigenvalue weighted by atomic mass is 10.1. The van der Waals surface area contributed by atoms with Gasteiger partial charge in [-0.1, -0.05) is 130 Å². The Labute approximate surface area is 212 Å². The minimum absolute atomic E-state index is 0.968. The highest BCUT2D eigenvalue weighted by Gasteiger charge is 2.35. The maximum Gasteiger partial charge on any atom is 0.0799 e. The van der Waals surface area contributed by atoms with E-state index in [1.54, 1.807) is 0 Å². The Balaban J connectivity index is 4.74. The van der Waals surface area contributed by atoms with E-state index >= 15 is 0 Å². The summed E-state index contributed by atoms with van der Waals surface area (Å²) in [6, 6.07) is 0. The Morgan fingerprint density at radius 2 is 0.606 bits per heavy atom. The van der Waals surface area contributed by atoms with Crippen LogP contribution in [-0.4, -0.2) is 25.0 Å². The van der Waals surface area contributed by atoms with Crippen LogP contribution in [0, 0.1) is 0 Å². The van der Waals surface area contributed by atoms with Crippen LogP contribution < -0.4 is 5.09 Å². The third-order valence-corrected chi connectivity index (χ3v) is 12.0. The SMILES string of the molecule is CCCCCCCC[P+](CCCCCCCC)(CCCCCCCC)NCCCCCCC. The van der Waals surface area contributed by atoms with Crippen LogP contribution in [-0.2, 0) is 0 Å². The van der Waals surface area contributed by atoms with E-state index in [0.717, 1.165) is 0 Å². The molecule has 0 heterocycles. The smallest absolute Gasteiger partial charge is 0.0799 e. The lowest BCUT2D eigenvalue weighted by molar-refractivity contribution is 0.607. The van der Waals surface area contributed by atoms with E-state index in [1.165, 1.54) is 173 Å². The largest absolute Gasteiger partial charge is 0.192 e. The number of nitrogens with one attached hydrogen (secondary N) is 1. The Hall–Kier alpha value is 0.390. The molecule has 1 N–H and O–H groups in total. The van der Waals surface area contributed by atoms with Crippen LogP contribution in [0.25, 0.3) is 0 Å². The molecule has 1 nitrogen and oxygen atoms in total. The van der Waals surface area contributed by atoms with Crippen molar-refractivity contribution < 1.29 is 0 Å². The molecule has 0 radical (unpaired) electrons. The summed E-state index contributed by atoms with van der Waals surface area (Å²) in [5.41, 5.74) is 0. The van der Waals surface area contributed by atoms with Crippen LogP contribution in [0.2, 0.25) is 0 Å². The first-order chi connectivity index (χ1) is 16.2.